The van der Waals surface area contributed by atoms with Crippen LogP contribution < -0.4 is 0 Å². The van der Waals surface area contributed by atoms with Crippen LogP contribution in [-0.2, 0) is 0 Å². The van der Waals surface area contributed by atoms with E-state index in [1.807, 2.05) is 17.5 Å². The number of benzene rings is 1. The first-order valence-corrected chi connectivity index (χ1v) is 6.93. The molecule has 3 heteroatoms. The monoisotopic (exact) mass is 236 g/mol. The first-order valence-electron chi connectivity index (χ1n) is 4.90. The summed E-state index contributed by atoms with van der Waals surface area (Å²) < 4.78 is 1.12. The van der Waals surface area contributed by atoms with Gasteiger partial charge in [0.15, 0.2) is 5.78 Å². The third-order valence-corrected chi connectivity index (χ3v) is 4.05. The molecule has 2 rings (SSSR count). The fraction of sp³-hybridized carbons (Fsp3) is 0.250. The zero-order valence-electron chi connectivity index (χ0n) is 8.53. The lowest BCUT2D eigenvalue weighted by molar-refractivity contribution is 0.102. The molecule has 0 spiro atoms. The number of thioether (sulfide) groups is 1. The summed E-state index contributed by atoms with van der Waals surface area (Å²) in [5.74, 6) is 1.83. The molecule has 0 N–H and O–H groups in total. The molecule has 1 nitrogen and oxygen atoms in total. The number of rotatable bonds is 4. The van der Waals surface area contributed by atoms with Crippen LogP contribution in [0.25, 0.3) is 10.1 Å². The molecule has 1 aromatic carbocycles. The first-order chi connectivity index (χ1) is 7.33. The van der Waals surface area contributed by atoms with Crippen molar-refractivity contribution in [1.82, 2.24) is 0 Å². The van der Waals surface area contributed by atoms with Crippen LogP contribution in [0.2, 0.25) is 0 Å². The topological polar surface area (TPSA) is 17.1 Å². The van der Waals surface area contributed by atoms with Crippen LogP contribution in [0.3, 0.4) is 0 Å². The summed E-state index contributed by atoms with van der Waals surface area (Å²) >= 11 is 3.32. The number of carbonyl (C=O) groups is 1. The van der Waals surface area contributed by atoms with E-state index in [0.717, 1.165) is 16.0 Å². The smallest absolute Gasteiger partial charge is 0.174 e. The molecular weight excluding hydrogens is 224 g/mol. The van der Waals surface area contributed by atoms with Gasteiger partial charge in [0, 0.05) is 10.3 Å². The summed E-state index contributed by atoms with van der Waals surface area (Å²) in [7, 11) is 0. The van der Waals surface area contributed by atoms with E-state index in [2.05, 4.69) is 19.1 Å². The van der Waals surface area contributed by atoms with Gasteiger partial charge in [0.05, 0.1) is 5.75 Å². The zero-order chi connectivity index (χ0) is 10.7. The molecule has 0 aliphatic carbocycles. The molecular formula is C12H12OS2. The van der Waals surface area contributed by atoms with Crippen LogP contribution in [-0.4, -0.2) is 17.3 Å². The Bertz CT molecular complexity index is 473. The molecule has 78 valence electrons. The minimum Gasteiger partial charge on any atom is -0.293 e. The predicted molar refractivity (Wildman–Crippen MR) is 69.2 cm³/mol. The van der Waals surface area contributed by atoms with E-state index in [0.29, 0.717) is 5.75 Å². The zero-order valence-corrected chi connectivity index (χ0v) is 10.2. The van der Waals surface area contributed by atoms with Crippen molar-refractivity contribution in [3.8, 4) is 0 Å². The van der Waals surface area contributed by atoms with Gasteiger partial charge >= 0.3 is 0 Å². The van der Waals surface area contributed by atoms with E-state index >= 15 is 0 Å². The number of carbonyl (C=O) groups excluding carboxylic acids is 1. The Morgan fingerprint density at radius 2 is 2.27 bits per heavy atom. The lowest BCUT2D eigenvalue weighted by Crippen LogP contribution is -2.02. The maximum Gasteiger partial charge on any atom is 0.174 e. The minimum absolute atomic E-state index is 0.245. The Labute approximate surface area is 97.5 Å². The van der Waals surface area contributed by atoms with Crippen molar-refractivity contribution in [3.63, 3.8) is 0 Å². The average Bonchev–Trinajstić information content (AvgIpc) is 2.73. The molecule has 0 saturated heterocycles. The molecule has 0 unspecified atom stereocenters. The quantitative estimate of drug-likeness (QED) is 0.750. The third-order valence-electron chi connectivity index (χ3n) is 2.22. The van der Waals surface area contributed by atoms with Gasteiger partial charge in [0.2, 0.25) is 0 Å². The van der Waals surface area contributed by atoms with Crippen LogP contribution in [0.15, 0.2) is 29.6 Å². The summed E-state index contributed by atoms with van der Waals surface area (Å²) in [6, 6.07) is 8.00. The number of hydrogen-bond acceptors (Lipinski definition) is 3. The van der Waals surface area contributed by atoms with Gasteiger partial charge in [-0.2, -0.15) is 11.8 Å². The number of Topliss-reactive ketones (excluding diaryl/α,β-unsaturated/α-hetero) is 1. The van der Waals surface area contributed by atoms with Crippen LogP contribution in [0.5, 0.6) is 0 Å². The maximum absolute atomic E-state index is 11.9. The summed E-state index contributed by atoms with van der Waals surface area (Å²) in [6.45, 7) is 2.07. The third kappa shape index (κ3) is 2.24. The van der Waals surface area contributed by atoms with Gasteiger partial charge in [-0.15, -0.1) is 11.3 Å². The van der Waals surface area contributed by atoms with E-state index < -0.39 is 0 Å². The molecule has 1 aromatic heterocycles. The lowest BCUT2D eigenvalue weighted by atomic mass is 10.1. The van der Waals surface area contributed by atoms with Gasteiger partial charge in [-0.05, 0) is 28.7 Å². The molecule has 0 atom stereocenters. The summed E-state index contributed by atoms with van der Waals surface area (Å²) in [5, 5.41) is 3.21. The number of thiophene rings is 1. The molecule has 0 amide bonds. The summed E-state index contributed by atoms with van der Waals surface area (Å²) in [5.41, 5.74) is 0.878. The molecule has 0 radical (unpaired) electrons. The number of fused-ring (bicyclic) bond motifs is 1. The SMILES string of the molecule is CCSCC(=O)c1cccc2ccsc12. The van der Waals surface area contributed by atoms with E-state index in [-0.39, 0.29) is 5.78 Å². The van der Waals surface area contributed by atoms with Gasteiger partial charge in [0.25, 0.3) is 0 Å². The highest BCUT2D eigenvalue weighted by molar-refractivity contribution is 7.99. The van der Waals surface area contributed by atoms with Crippen LogP contribution >= 0.6 is 23.1 Å². The Morgan fingerprint density at radius 3 is 3.07 bits per heavy atom. The number of ketones is 1. The van der Waals surface area contributed by atoms with Crippen LogP contribution in [0, 0.1) is 0 Å². The van der Waals surface area contributed by atoms with Crippen molar-refractivity contribution in [2.75, 3.05) is 11.5 Å². The van der Waals surface area contributed by atoms with E-state index in [1.165, 1.54) is 5.39 Å². The molecule has 0 saturated carbocycles. The molecule has 0 aliphatic heterocycles. The normalized spacial score (nSPS) is 10.7. The largest absolute Gasteiger partial charge is 0.293 e. The van der Waals surface area contributed by atoms with Crippen molar-refractivity contribution in [3.05, 3.63) is 35.2 Å². The highest BCUT2D eigenvalue weighted by Gasteiger charge is 2.09. The summed E-state index contributed by atoms with van der Waals surface area (Å²) in [6.07, 6.45) is 0. The van der Waals surface area contributed by atoms with Gasteiger partial charge in [-0.25, -0.2) is 0 Å². The van der Waals surface area contributed by atoms with Crippen molar-refractivity contribution in [2.45, 2.75) is 6.92 Å². The average molecular weight is 236 g/mol. The minimum atomic E-state index is 0.245. The second-order valence-corrected chi connectivity index (χ2v) is 5.40. The Hall–Kier alpha value is -0.800. The molecule has 0 bridgehead atoms. The number of hydrogen-bond donors (Lipinski definition) is 0. The molecule has 1 heterocycles. The van der Waals surface area contributed by atoms with E-state index in [4.69, 9.17) is 0 Å². The fourth-order valence-electron chi connectivity index (χ4n) is 1.49. The Morgan fingerprint density at radius 1 is 1.40 bits per heavy atom. The fourth-order valence-corrected chi connectivity index (χ4v) is 2.96. The molecule has 2 aromatic rings. The molecule has 0 aliphatic rings. The Balaban J connectivity index is 2.34. The molecule has 15 heavy (non-hydrogen) atoms. The van der Waals surface area contributed by atoms with Crippen LogP contribution in [0.4, 0.5) is 0 Å². The van der Waals surface area contributed by atoms with Gasteiger partial charge < -0.3 is 0 Å². The predicted octanol–water partition coefficient (Wildman–Crippen LogP) is 3.84. The Kier molecular flexibility index (Phi) is 3.44. The van der Waals surface area contributed by atoms with Gasteiger partial charge in [0.1, 0.15) is 0 Å². The van der Waals surface area contributed by atoms with Gasteiger partial charge in [-0.3, -0.25) is 4.79 Å². The first kappa shape index (κ1) is 10.7. The lowest BCUT2D eigenvalue weighted by Gasteiger charge is -2.01. The van der Waals surface area contributed by atoms with E-state index in [1.54, 1.807) is 23.1 Å². The highest BCUT2D eigenvalue weighted by atomic mass is 32.2. The van der Waals surface area contributed by atoms with Crippen molar-refractivity contribution >= 4 is 39.0 Å². The second kappa shape index (κ2) is 4.81. The van der Waals surface area contributed by atoms with Crippen molar-refractivity contribution in [2.24, 2.45) is 0 Å². The highest BCUT2D eigenvalue weighted by Crippen LogP contribution is 2.25. The van der Waals surface area contributed by atoms with Crippen LogP contribution in [0.1, 0.15) is 17.3 Å². The second-order valence-electron chi connectivity index (χ2n) is 3.20. The van der Waals surface area contributed by atoms with Crippen molar-refractivity contribution < 1.29 is 4.79 Å². The maximum atomic E-state index is 11.9. The summed E-state index contributed by atoms with van der Waals surface area (Å²) in [4.78, 5) is 11.9. The molecule has 0 fully saturated rings. The van der Waals surface area contributed by atoms with Crippen molar-refractivity contribution in [1.29, 1.82) is 0 Å². The van der Waals surface area contributed by atoms with E-state index in [9.17, 15) is 4.79 Å². The standard InChI is InChI=1S/C12H12OS2/c1-2-14-8-11(13)10-5-3-4-9-6-7-15-12(9)10/h3-7H,2,8H2,1H3. The van der Waals surface area contributed by atoms with Gasteiger partial charge in [-0.1, -0.05) is 19.1 Å².